The Morgan fingerprint density at radius 1 is 1.11 bits per heavy atom. The van der Waals surface area contributed by atoms with Crippen LogP contribution in [0.3, 0.4) is 0 Å². The summed E-state index contributed by atoms with van der Waals surface area (Å²) >= 11 is 0. The van der Waals surface area contributed by atoms with Crippen molar-refractivity contribution in [2.24, 2.45) is 0 Å². The summed E-state index contributed by atoms with van der Waals surface area (Å²) in [5.74, 6) is 0.648. The van der Waals surface area contributed by atoms with Crippen molar-refractivity contribution < 1.29 is 12.8 Å². The van der Waals surface area contributed by atoms with Crippen LogP contribution < -0.4 is 0 Å². The molecular weight excluding hydrogens is 366 g/mol. The van der Waals surface area contributed by atoms with Gasteiger partial charge in [0.15, 0.2) is 0 Å². The third kappa shape index (κ3) is 3.79. The fourth-order valence-electron chi connectivity index (χ4n) is 3.52. The van der Waals surface area contributed by atoms with E-state index in [9.17, 15) is 8.42 Å². The number of sulfonamides is 1. The molecule has 1 aromatic carbocycles. The van der Waals surface area contributed by atoms with Crippen LogP contribution in [-0.4, -0.2) is 39.0 Å². The standard InChI is InChI=1S/C18H21N5O3S/c24-27(25,18-10-8-15(9-11-18)22-14-19-20-21-22)23(13-17-7-4-12-26-17)16-5-2-1-3-6-16/h4,7-12,14,16H,1-3,5-6,13H2. The number of hydrogen-bond donors (Lipinski definition) is 0. The van der Waals surface area contributed by atoms with Crippen molar-refractivity contribution in [2.75, 3.05) is 0 Å². The predicted molar refractivity (Wildman–Crippen MR) is 97.5 cm³/mol. The molecule has 0 spiro atoms. The molecule has 2 aromatic heterocycles. The molecule has 0 N–H and O–H groups in total. The maximum Gasteiger partial charge on any atom is 0.243 e. The molecule has 2 heterocycles. The van der Waals surface area contributed by atoms with Crippen LogP contribution in [0, 0.1) is 0 Å². The molecule has 1 aliphatic rings. The van der Waals surface area contributed by atoms with Gasteiger partial charge in [0.1, 0.15) is 12.1 Å². The molecule has 27 heavy (non-hydrogen) atoms. The van der Waals surface area contributed by atoms with Gasteiger partial charge in [0.05, 0.1) is 23.4 Å². The zero-order valence-corrected chi connectivity index (χ0v) is 15.6. The first-order chi connectivity index (χ1) is 13.1. The van der Waals surface area contributed by atoms with E-state index in [-0.39, 0.29) is 17.5 Å². The summed E-state index contributed by atoms with van der Waals surface area (Å²) in [5.41, 5.74) is 0.703. The second-order valence-electron chi connectivity index (χ2n) is 6.67. The summed E-state index contributed by atoms with van der Waals surface area (Å²) in [7, 11) is -3.65. The average Bonchev–Trinajstić information content (AvgIpc) is 3.41. The molecule has 1 fully saturated rings. The first kappa shape index (κ1) is 17.9. The molecule has 142 valence electrons. The van der Waals surface area contributed by atoms with Crippen molar-refractivity contribution in [3.05, 3.63) is 54.7 Å². The minimum atomic E-state index is -3.65. The molecule has 0 radical (unpaired) electrons. The van der Waals surface area contributed by atoms with Crippen molar-refractivity contribution in [1.82, 2.24) is 24.5 Å². The van der Waals surface area contributed by atoms with E-state index in [0.29, 0.717) is 11.4 Å². The summed E-state index contributed by atoms with van der Waals surface area (Å²) in [6.45, 7) is 0.245. The number of aromatic nitrogens is 4. The summed E-state index contributed by atoms with van der Waals surface area (Å²) < 4.78 is 35.3. The second-order valence-corrected chi connectivity index (χ2v) is 8.56. The maximum atomic E-state index is 13.4. The number of hydrogen-bond acceptors (Lipinski definition) is 6. The van der Waals surface area contributed by atoms with Crippen LogP contribution in [0.25, 0.3) is 5.69 Å². The van der Waals surface area contributed by atoms with Crippen molar-refractivity contribution in [1.29, 1.82) is 0 Å². The Morgan fingerprint density at radius 2 is 1.89 bits per heavy atom. The van der Waals surface area contributed by atoms with Gasteiger partial charge >= 0.3 is 0 Å². The SMILES string of the molecule is O=S(=O)(c1ccc(-n2cnnn2)cc1)N(Cc1ccco1)C1CCCCC1. The van der Waals surface area contributed by atoms with Crippen LogP contribution in [0.15, 0.2) is 58.3 Å². The highest BCUT2D eigenvalue weighted by Gasteiger charge is 2.33. The second kappa shape index (κ2) is 7.61. The van der Waals surface area contributed by atoms with E-state index in [1.54, 1.807) is 40.9 Å². The van der Waals surface area contributed by atoms with Gasteiger partial charge in [-0.15, -0.1) is 5.10 Å². The Kier molecular flexibility index (Phi) is 5.04. The van der Waals surface area contributed by atoms with Crippen molar-refractivity contribution in [3.63, 3.8) is 0 Å². The lowest BCUT2D eigenvalue weighted by atomic mass is 9.95. The summed E-state index contributed by atoms with van der Waals surface area (Å²) in [6, 6.07) is 10.2. The predicted octanol–water partition coefficient (Wildman–Crippen LogP) is 2.78. The Morgan fingerprint density at radius 3 is 2.52 bits per heavy atom. The van der Waals surface area contributed by atoms with E-state index in [4.69, 9.17) is 4.42 Å². The molecule has 0 bridgehead atoms. The van der Waals surface area contributed by atoms with Gasteiger partial charge < -0.3 is 4.42 Å². The highest BCUT2D eigenvalue weighted by atomic mass is 32.2. The van der Waals surface area contributed by atoms with Gasteiger partial charge in [-0.3, -0.25) is 0 Å². The van der Waals surface area contributed by atoms with Crippen LogP contribution in [-0.2, 0) is 16.6 Å². The van der Waals surface area contributed by atoms with Crippen molar-refractivity contribution >= 4 is 10.0 Å². The largest absolute Gasteiger partial charge is 0.468 e. The molecule has 8 nitrogen and oxygen atoms in total. The van der Waals surface area contributed by atoms with Crippen LogP contribution in [0.4, 0.5) is 0 Å². The molecule has 4 rings (SSSR count). The van der Waals surface area contributed by atoms with Gasteiger partial charge in [-0.05, 0) is 59.7 Å². The molecule has 3 aromatic rings. The Balaban J connectivity index is 1.64. The van der Waals surface area contributed by atoms with Crippen LogP contribution in [0.2, 0.25) is 0 Å². The third-order valence-electron chi connectivity index (χ3n) is 4.93. The van der Waals surface area contributed by atoms with Crippen LogP contribution in [0.5, 0.6) is 0 Å². The molecule has 1 aliphatic carbocycles. The highest BCUT2D eigenvalue weighted by Crippen LogP contribution is 2.29. The van der Waals surface area contributed by atoms with Crippen LogP contribution in [0.1, 0.15) is 37.9 Å². The molecule has 1 saturated carbocycles. The van der Waals surface area contributed by atoms with Gasteiger partial charge in [-0.2, -0.15) is 4.31 Å². The third-order valence-corrected chi connectivity index (χ3v) is 6.84. The quantitative estimate of drug-likeness (QED) is 0.645. The molecular formula is C18H21N5O3S. The number of benzene rings is 1. The monoisotopic (exact) mass is 387 g/mol. The van der Waals surface area contributed by atoms with E-state index in [1.807, 2.05) is 6.07 Å². The van der Waals surface area contributed by atoms with Gasteiger partial charge in [0.25, 0.3) is 0 Å². The topological polar surface area (TPSA) is 94.1 Å². The smallest absolute Gasteiger partial charge is 0.243 e. The molecule has 9 heteroatoms. The number of rotatable bonds is 6. The lowest BCUT2D eigenvalue weighted by Crippen LogP contribution is -2.40. The van der Waals surface area contributed by atoms with Crippen molar-refractivity contribution in [2.45, 2.75) is 49.6 Å². The normalized spacial score (nSPS) is 16.0. The number of tetrazole rings is 1. The summed E-state index contributed by atoms with van der Waals surface area (Å²) in [6.07, 6.45) is 8.05. The lowest BCUT2D eigenvalue weighted by Gasteiger charge is -2.33. The average molecular weight is 387 g/mol. The Bertz CT molecular complexity index is 947. The highest BCUT2D eigenvalue weighted by molar-refractivity contribution is 7.89. The summed E-state index contributed by atoms with van der Waals surface area (Å²) in [5, 5.41) is 11.0. The minimum Gasteiger partial charge on any atom is -0.468 e. The first-order valence-corrected chi connectivity index (χ1v) is 10.5. The Labute approximate surface area is 157 Å². The molecule has 0 aliphatic heterocycles. The molecule has 0 atom stereocenters. The summed E-state index contributed by atoms with van der Waals surface area (Å²) in [4.78, 5) is 0.261. The van der Waals surface area contributed by atoms with Gasteiger partial charge in [0, 0.05) is 6.04 Å². The zero-order chi connectivity index (χ0) is 18.7. The van der Waals surface area contributed by atoms with Crippen molar-refractivity contribution in [3.8, 4) is 5.69 Å². The minimum absolute atomic E-state index is 0.00644. The maximum absolute atomic E-state index is 13.4. The van der Waals surface area contributed by atoms with E-state index in [1.165, 1.54) is 11.0 Å². The Hall–Kier alpha value is -2.52. The van der Waals surface area contributed by atoms with Gasteiger partial charge in [-0.25, -0.2) is 13.1 Å². The van der Waals surface area contributed by atoms with Crippen LogP contribution >= 0.6 is 0 Å². The molecule has 0 unspecified atom stereocenters. The van der Waals surface area contributed by atoms with Gasteiger partial charge in [0.2, 0.25) is 10.0 Å². The van der Waals surface area contributed by atoms with E-state index in [0.717, 1.165) is 32.1 Å². The van der Waals surface area contributed by atoms with E-state index in [2.05, 4.69) is 15.5 Å². The zero-order valence-electron chi connectivity index (χ0n) is 14.8. The fraction of sp³-hybridized carbons (Fsp3) is 0.389. The van der Waals surface area contributed by atoms with Gasteiger partial charge in [-0.1, -0.05) is 19.3 Å². The number of nitrogens with zero attached hydrogens (tertiary/aromatic N) is 5. The first-order valence-electron chi connectivity index (χ1n) is 9.02. The molecule has 0 amide bonds. The molecule has 0 saturated heterocycles. The van der Waals surface area contributed by atoms with E-state index >= 15 is 0 Å². The fourth-order valence-corrected chi connectivity index (χ4v) is 5.17. The lowest BCUT2D eigenvalue weighted by molar-refractivity contribution is 0.234. The number of furan rings is 1. The van der Waals surface area contributed by atoms with E-state index < -0.39 is 10.0 Å².